The van der Waals surface area contributed by atoms with Gasteiger partial charge in [-0.1, -0.05) is 12.1 Å². The predicted molar refractivity (Wildman–Crippen MR) is 67.3 cm³/mol. The number of carbonyl (C=O) groups excluding carboxylic acids is 1. The number of likely N-dealkylation sites (N-methyl/N-ethyl adjacent to an activating group) is 1. The van der Waals surface area contributed by atoms with Gasteiger partial charge in [0.05, 0.1) is 13.2 Å². The summed E-state index contributed by atoms with van der Waals surface area (Å²) < 4.78 is 10.4. The molecule has 1 unspecified atom stereocenters. The van der Waals surface area contributed by atoms with Crippen LogP contribution in [0.3, 0.4) is 0 Å². The van der Waals surface area contributed by atoms with E-state index in [4.69, 9.17) is 14.6 Å². The largest absolute Gasteiger partial charge is 0.491 e. The van der Waals surface area contributed by atoms with Crippen molar-refractivity contribution in [3.63, 3.8) is 0 Å². The van der Waals surface area contributed by atoms with Gasteiger partial charge in [0.1, 0.15) is 18.4 Å². The fourth-order valence-electron chi connectivity index (χ4n) is 1.38. The first kappa shape index (κ1) is 14.5. The van der Waals surface area contributed by atoms with Gasteiger partial charge in [0.15, 0.2) is 0 Å². The van der Waals surface area contributed by atoms with Crippen molar-refractivity contribution in [2.45, 2.75) is 19.6 Å². The summed E-state index contributed by atoms with van der Waals surface area (Å²) in [5.74, 6) is 0.323. The summed E-state index contributed by atoms with van der Waals surface area (Å²) in [5.41, 5.74) is 0.818. The van der Waals surface area contributed by atoms with Crippen molar-refractivity contribution >= 4 is 5.97 Å². The molecule has 0 spiro atoms. The Balaban J connectivity index is 2.48. The number of carbonyl (C=O) groups is 1. The van der Waals surface area contributed by atoms with E-state index in [1.807, 2.05) is 0 Å². The lowest BCUT2D eigenvalue weighted by Crippen LogP contribution is -2.40. The number of esters is 1. The van der Waals surface area contributed by atoms with Crippen LogP contribution in [0.2, 0.25) is 0 Å². The topological polar surface area (TPSA) is 67.8 Å². The highest BCUT2D eigenvalue weighted by Crippen LogP contribution is 2.12. The van der Waals surface area contributed by atoms with E-state index in [2.05, 4.69) is 5.32 Å². The zero-order chi connectivity index (χ0) is 13.4. The monoisotopic (exact) mass is 253 g/mol. The van der Waals surface area contributed by atoms with Gasteiger partial charge in [-0.15, -0.1) is 0 Å². The van der Waals surface area contributed by atoms with E-state index in [9.17, 15) is 4.79 Å². The SMILES string of the molecule is CCOC(=O)C(COc1ccc(CO)cc1)NC. The first-order valence-electron chi connectivity index (χ1n) is 5.87. The second-order valence-electron chi connectivity index (χ2n) is 3.71. The van der Waals surface area contributed by atoms with E-state index in [-0.39, 0.29) is 19.2 Å². The van der Waals surface area contributed by atoms with Crippen LogP contribution < -0.4 is 10.1 Å². The summed E-state index contributed by atoms with van der Waals surface area (Å²) in [4.78, 5) is 11.5. The van der Waals surface area contributed by atoms with Crippen LogP contribution in [0.1, 0.15) is 12.5 Å². The first-order chi connectivity index (χ1) is 8.71. The summed E-state index contributed by atoms with van der Waals surface area (Å²) in [6.07, 6.45) is 0. The maximum absolute atomic E-state index is 11.5. The Labute approximate surface area is 107 Å². The van der Waals surface area contributed by atoms with Crippen LogP contribution in [0.25, 0.3) is 0 Å². The molecule has 1 atom stereocenters. The summed E-state index contributed by atoms with van der Waals surface area (Å²) >= 11 is 0. The number of aliphatic hydroxyl groups is 1. The van der Waals surface area contributed by atoms with E-state index in [1.54, 1.807) is 38.2 Å². The molecule has 0 fully saturated rings. The van der Waals surface area contributed by atoms with Crippen LogP contribution in [0, 0.1) is 0 Å². The predicted octanol–water partition coefficient (Wildman–Crippen LogP) is 0.709. The van der Waals surface area contributed by atoms with E-state index < -0.39 is 6.04 Å². The number of hydrogen-bond donors (Lipinski definition) is 2. The lowest BCUT2D eigenvalue weighted by atomic mass is 10.2. The Morgan fingerprint density at radius 2 is 2.06 bits per heavy atom. The lowest BCUT2D eigenvalue weighted by Gasteiger charge is -2.15. The Morgan fingerprint density at radius 1 is 1.39 bits per heavy atom. The number of ether oxygens (including phenoxy) is 2. The minimum absolute atomic E-state index is 0.00223. The van der Waals surface area contributed by atoms with Gasteiger partial charge in [-0.05, 0) is 31.7 Å². The van der Waals surface area contributed by atoms with Gasteiger partial charge in [-0.25, -0.2) is 0 Å². The highest BCUT2D eigenvalue weighted by atomic mass is 16.5. The Bertz CT molecular complexity index is 364. The van der Waals surface area contributed by atoms with E-state index in [1.165, 1.54) is 0 Å². The second-order valence-corrected chi connectivity index (χ2v) is 3.71. The normalized spacial score (nSPS) is 11.9. The van der Waals surface area contributed by atoms with Gasteiger partial charge in [-0.3, -0.25) is 4.79 Å². The number of nitrogens with one attached hydrogen (secondary N) is 1. The Kier molecular flexibility index (Phi) is 6.18. The number of aliphatic hydroxyl groups excluding tert-OH is 1. The van der Waals surface area contributed by atoms with Crippen LogP contribution in [0.4, 0.5) is 0 Å². The number of hydrogen-bond acceptors (Lipinski definition) is 5. The summed E-state index contributed by atoms with van der Waals surface area (Å²) in [6.45, 7) is 2.32. The van der Waals surface area contributed by atoms with Crippen LogP contribution in [0.15, 0.2) is 24.3 Å². The number of benzene rings is 1. The Morgan fingerprint density at radius 3 is 2.56 bits per heavy atom. The molecular formula is C13H19NO4. The molecule has 1 rings (SSSR count). The van der Waals surface area contributed by atoms with E-state index >= 15 is 0 Å². The molecule has 2 N–H and O–H groups in total. The molecule has 0 saturated heterocycles. The molecule has 0 aliphatic heterocycles. The average Bonchev–Trinajstić information content (AvgIpc) is 2.40. The quantitative estimate of drug-likeness (QED) is 0.700. The van der Waals surface area contributed by atoms with Crippen molar-refractivity contribution in [1.29, 1.82) is 0 Å². The van der Waals surface area contributed by atoms with Crippen molar-refractivity contribution in [3.8, 4) is 5.75 Å². The summed E-state index contributed by atoms with van der Waals surface area (Å²) in [6, 6.07) is 6.57. The lowest BCUT2D eigenvalue weighted by molar-refractivity contribution is -0.146. The van der Waals surface area contributed by atoms with Gasteiger partial charge in [0.2, 0.25) is 0 Å². The Hall–Kier alpha value is -1.59. The van der Waals surface area contributed by atoms with Crippen LogP contribution >= 0.6 is 0 Å². The van der Waals surface area contributed by atoms with Gasteiger partial charge in [0, 0.05) is 0 Å². The maximum Gasteiger partial charge on any atom is 0.326 e. The molecule has 100 valence electrons. The molecule has 0 heterocycles. The fourth-order valence-corrected chi connectivity index (χ4v) is 1.38. The van der Waals surface area contributed by atoms with Gasteiger partial charge >= 0.3 is 5.97 Å². The molecule has 18 heavy (non-hydrogen) atoms. The van der Waals surface area contributed by atoms with Crippen molar-refractivity contribution < 1.29 is 19.4 Å². The highest BCUT2D eigenvalue weighted by molar-refractivity contribution is 5.75. The third-order valence-electron chi connectivity index (χ3n) is 2.44. The molecule has 5 heteroatoms. The van der Waals surface area contributed by atoms with Crippen LogP contribution in [-0.2, 0) is 16.1 Å². The second kappa shape index (κ2) is 7.68. The van der Waals surface area contributed by atoms with Gasteiger partial charge in [-0.2, -0.15) is 0 Å². The molecule has 0 amide bonds. The molecule has 0 bridgehead atoms. The van der Waals surface area contributed by atoms with Crippen molar-refractivity contribution in [3.05, 3.63) is 29.8 Å². The molecule has 1 aromatic carbocycles. The van der Waals surface area contributed by atoms with Crippen LogP contribution in [0.5, 0.6) is 5.75 Å². The number of rotatable bonds is 7. The average molecular weight is 253 g/mol. The smallest absolute Gasteiger partial charge is 0.326 e. The first-order valence-corrected chi connectivity index (χ1v) is 5.87. The van der Waals surface area contributed by atoms with Crippen molar-refractivity contribution in [2.24, 2.45) is 0 Å². The van der Waals surface area contributed by atoms with Crippen molar-refractivity contribution in [2.75, 3.05) is 20.3 Å². The molecule has 0 aliphatic carbocycles. The molecule has 0 saturated carbocycles. The third-order valence-corrected chi connectivity index (χ3v) is 2.44. The van der Waals surface area contributed by atoms with Gasteiger partial charge in [0.25, 0.3) is 0 Å². The van der Waals surface area contributed by atoms with Crippen LogP contribution in [-0.4, -0.2) is 37.4 Å². The van der Waals surface area contributed by atoms with E-state index in [0.29, 0.717) is 12.4 Å². The standard InChI is InChI=1S/C13H19NO4/c1-3-17-13(16)12(14-2)9-18-11-6-4-10(8-15)5-7-11/h4-7,12,14-15H,3,8-9H2,1-2H3. The zero-order valence-corrected chi connectivity index (χ0v) is 10.7. The zero-order valence-electron chi connectivity index (χ0n) is 10.7. The van der Waals surface area contributed by atoms with E-state index in [0.717, 1.165) is 5.56 Å². The molecular weight excluding hydrogens is 234 g/mol. The highest BCUT2D eigenvalue weighted by Gasteiger charge is 2.18. The molecule has 5 nitrogen and oxygen atoms in total. The van der Waals surface area contributed by atoms with Gasteiger partial charge < -0.3 is 19.9 Å². The molecule has 1 aromatic rings. The molecule has 0 aromatic heterocycles. The summed E-state index contributed by atoms with van der Waals surface area (Å²) in [5, 5.41) is 11.7. The third kappa shape index (κ3) is 4.35. The molecule has 0 aliphatic rings. The maximum atomic E-state index is 11.5. The van der Waals surface area contributed by atoms with Crippen molar-refractivity contribution in [1.82, 2.24) is 5.32 Å². The summed E-state index contributed by atoms with van der Waals surface area (Å²) in [7, 11) is 1.68. The minimum atomic E-state index is -0.484. The fraction of sp³-hybridized carbons (Fsp3) is 0.462. The molecule has 0 radical (unpaired) electrons. The minimum Gasteiger partial charge on any atom is -0.491 e.